The predicted octanol–water partition coefficient (Wildman–Crippen LogP) is 3.06. The fraction of sp³-hybridized carbons (Fsp3) is 0.429. The lowest BCUT2D eigenvalue weighted by molar-refractivity contribution is -0.386. The Bertz CT molecular complexity index is 510. The van der Waals surface area contributed by atoms with Gasteiger partial charge in [-0.25, -0.2) is 4.39 Å². The van der Waals surface area contributed by atoms with Crippen LogP contribution in [-0.2, 0) is 0 Å². The van der Waals surface area contributed by atoms with Gasteiger partial charge in [0.15, 0.2) is 5.75 Å². The zero-order valence-electron chi connectivity index (χ0n) is 11.9. The van der Waals surface area contributed by atoms with Crippen LogP contribution >= 0.6 is 0 Å². The fourth-order valence-electron chi connectivity index (χ4n) is 1.38. The number of hydrogen-bond donors (Lipinski definition) is 1. The smallest absolute Gasteiger partial charge is 0.313 e. The molecule has 1 aromatic rings. The summed E-state index contributed by atoms with van der Waals surface area (Å²) in [6.45, 7) is 10.6. The van der Waals surface area contributed by atoms with Crippen LogP contribution in [0.15, 0.2) is 30.4 Å². The maximum absolute atomic E-state index is 13.0. The molecule has 110 valence electrons. The molecule has 1 N–H and O–H groups in total. The van der Waals surface area contributed by atoms with Crippen molar-refractivity contribution in [3.8, 4) is 5.75 Å². The van der Waals surface area contributed by atoms with Crippen molar-refractivity contribution in [1.29, 1.82) is 0 Å². The Morgan fingerprint density at radius 3 is 2.70 bits per heavy atom. The first-order valence-corrected chi connectivity index (χ1v) is 6.17. The second-order valence-corrected chi connectivity index (χ2v) is 5.51. The summed E-state index contributed by atoms with van der Waals surface area (Å²) < 4.78 is 18.3. The fourth-order valence-corrected chi connectivity index (χ4v) is 1.38. The van der Waals surface area contributed by atoms with Gasteiger partial charge in [0, 0.05) is 12.1 Å². The van der Waals surface area contributed by atoms with Crippen LogP contribution < -0.4 is 10.1 Å². The van der Waals surface area contributed by atoms with Gasteiger partial charge in [-0.05, 0) is 38.5 Å². The molecule has 0 unspecified atom stereocenters. The van der Waals surface area contributed by atoms with E-state index in [4.69, 9.17) is 4.74 Å². The van der Waals surface area contributed by atoms with E-state index in [-0.39, 0.29) is 23.6 Å². The molecule has 0 aliphatic carbocycles. The van der Waals surface area contributed by atoms with E-state index < -0.39 is 10.7 Å². The van der Waals surface area contributed by atoms with Crippen LogP contribution in [0.1, 0.15) is 20.8 Å². The van der Waals surface area contributed by atoms with Crippen molar-refractivity contribution in [2.24, 2.45) is 0 Å². The molecule has 5 nitrogen and oxygen atoms in total. The normalized spacial score (nSPS) is 11.2. The second kappa shape index (κ2) is 6.47. The summed E-state index contributed by atoms with van der Waals surface area (Å²) in [6, 6.07) is 3.21. The number of hydrogen-bond acceptors (Lipinski definition) is 4. The van der Waals surface area contributed by atoms with Crippen LogP contribution in [0.3, 0.4) is 0 Å². The van der Waals surface area contributed by atoms with Crippen LogP contribution in [0.2, 0.25) is 0 Å². The predicted molar refractivity (Wildman–Crippen MR) is 75.4 cm³/mol. The molecule has 0 aromatic heterocycles. The van der Waals surface area contributed by atoms with Gasteiger partial charge in [0.25, 0.3) is 0 Å². The third kappa shape index (κ3) is 5.36. The van der Waals surface area contributed by atoms with Gasteiger partial charge in [-0.1, -0.05) is 6.58 Å². The molecule has 0 saturated heterocycles. The molecule has 0 spiro atoms. The maximum atomic E-state index is 13.0. The summed E-state index contributed by atoms with van der Waals surface area (Å²) in [4.78, 5) is 10.1. The number of nitro groups is 1. The molecule has 0 bridgehead atoms. The van der Waals surface area contributed by atoms with Crippen LogP contribution in [0.5, 0.6) is 5.75 Å². The Balaban J connectivity index is 2.62. The van der Waals surface area contributed by atoms with Gasteiger partial charge >= 0.3 is 5.69 Å². The highest BCUT2D eigenvalue weighted by Crippen LogP contribution is 2.27. The minimum Gasteiger partial charge on any atom is -0.482 e. The Kier molecular flexibility index (Phi) is 5.21. The van der Waals surface area contributed by atoms with E-state index in [9.17, 15) is 14.5 Å². The standard InChI is InChI=1S/C14H19FN2O3/c1-10(8-16-14(2,3)4)9-20-13-6-5-11(15)7-12(13)17(18)19/h5-7,16H,1,8-9H2,2-4H3. The van der Waals surface area contributed by atoms with E-state index >= 15 is 0 Å². The zero-order chi connectivity index (χ0) is 15.3. The Morgan fingerprint density at radius 1 is 1.50 bits per heavy atom. The third-order valence-corrected chi connectivity index (χ3v) is 2.42. The van der Waals surface area contributed by atoms with Crippen LogP contribution in [0.4, 0.5) is 10.1 Å². The van der Waals surface area contributed by atoms with Crippen molar-refractivity contribution >= 4 is 5.69 Å². The number of rotatable bonds is 6. The second-order valence-electron chi connectivity index (χ2n) is 5.51. The summed E-state index contributed by atoms with van der Waals surface area (Å²) >= 11 is 0. The minimum atomic E-state index is -0.672. The lowest BCUT2D eigenvalue weighted by Crippen LogP contribution is -2.37. The lowest BCUT2D eigenvalue weighted by Gasteiger charge is -2.21. The average Bonchev–Trinajstić information content (AvgIpc) is 2.33. The summed E-state index contributed by atoms with van der Waals surface area (Å²) in [5.74, 6) is -0.634. The third-order valence-electron chi connectivity index (χ3n) is 2.42. The molecule has 0 fully saturated rings. The Labute approximate surface area is 117 Å². The molecule has 0 saturated carbocycles. The molecule has 6 heteroatoms. The number of nitrogens with zero attached hydrogens (tertiary/aromatic N) is 1. The quantitative estimate of drug-likeness (QED) is 0.495. The first-order chi connectivity index (χ1) is 9.19. The molecule has 0 heterocycles. The highest BCUT2D eigenvalue weighted by atomic mass is 19.1. The largest absolute Gasteiger partial charge is 0.482 e. The summed E-state index contributed by atoms with van der Waals surface area (Å²) in [6.07, 6.45) is 0. The van der Waals surface area contributed by atoms with E-state index in [1.165, 1.54) is 6.07 Å². The molecule has 1 rings (SSSR count). The van der Waals surface area contributed by atoms with Crippen molar-refractivity contribution in [1.82, 2.24) is 5.32 Å². The molecular formula is C14H19FN2O3. The summed E-state index contributed by atoms with van der Waals surface area (Å²) in [5.41, 5.74) is 0.310. The number of benzene rings is 1. The van der Waals surface area contributed by atoms with Gasteiger partial charge in [0.2, 0.25) is 0 Å². The summed E-state index contributed by atoms with van der Waals surface area (Å²) in [7, 11) is 0. The lowest BCUT2D eigenvalue weighted by atomic mass is 10.1. The highest BCUT2D eigenvalue weighted by molar-refractivity contribution is 5.46. The molecule has 20 heavy (non-hydrogen) atoms. The van der Waals surface area contributed by atoms with Gasteiger partial charge in [-0.15, -0.1) is 0 Å². The van der Waals surface area contributed by atoms with Gasteiger partial charge in [-0.3, -0.25) is 10.1 Å². The topological polar surface area (TPSA) is 64.4 Å². The Hall–Kier alpha value is -1.95. The molecule has 0 aliphatic heterocycles. The van der Waals surface area contributed by atoms with Crippen LogP contribution in [-0.4, -0.2) is 23.6 Å². The molecule has 0 aliphatic rings. The van der Waals surface area contributed by atoms with Gasteiger partial charge in [-0.2, -0.15) is 0 Å². The molecule has 1 aromatic carbocycles. The Morgan fingerprint density at radius 2 is 2.15 bits per heavy atom. The first-order valence-electron chi connectivity index (χ1n) is 6.17. The van der Waals surface area contributed by atoms with Crippen molar-refractivity contribution in [2.45, 2.75) is 26.3 Å². The molecule has 0 atom stereocenters. The monoisotopic (exact) mass is 282 g/mol. The molecule has 0 amide bonds. The number of nitro benzene ring substituents is 1. The SMILES string of the molecule is C=C(CNC(C)(C)C)COc1ccc(F)cc1[N+](=O)[O-]. The van der Waals surface area contributed by atoms with Crippen LogP contribution in [0.25, 0.3) is 0 Å². The van der Waals surface area contributed by atoms with Crippen molar-refractivity contribution in [2.75, 3.05) is 13.2 Å². The summed E-state index contributed by atoms with van der Waals surface area (Å²) in [5, 5.41) is 14.0. The number of nitrogens with one attached hydrogen (secondary N) is 1. The van der Waals surface area contributed by atoms with Crippen molar-refractivity contribution in [3.05, 3.63) is 46.3 Å². The minimum absolute atomic E-state index is 0.0355. The van der Waals surface area contributed by atoms with E-state index in [1.807, 2.05) is 20.8 Å². The van der Waals surface area contributed by atoms with Gasteiger partial charge in [0.1, 0.15) is 12.4 Å². The molecular weight excluding hydrogens is 263 g/mol. The van der Waals surface area contributed by atoms with Crippen molar-refractivity contribution < 1.29 is 14.1 Å². The number of ether oxygens (including phenoxy) is 1. The van der Waals surface area contributed by atoms with Crippen molar-refractivity contribution in [3.63, 3.8) is 0 Å². The highest BCUT2D eigenvalue weighted by Gasteiger charge is 2.16. The van der Waals surface area contributed by atoms with Crippen LogP contribution in [0, 0.1) is 15.9 Å². The first kappa shape index (κ1) is 16.1. The van der Waals surface area contributed by atoms with E-state index in [0.29, 0.717) is 6.54 Å². The zero-order valence-corrected chi connectivity index (χ0v) is 11.9. The van der Waals surface area contributed by atoms with E-state index in [0.717, 1.165) is 17.7 Å². The van der Waals surface area contributed by atoms with E-state index in [1.54, 1.807) is 0 Å². The van der Waals surface area contributed by atoms with E-state index in [2.05, 4.69) is 11.9 Å². The van der Waals surface area contributed by atoms with Gasteiger partial charge < -0.3 is 10.1 Å². The maximum Gasteiger partial charge on any atom is 0.313 e. The molecule has 0 radical (unpaired) electrons. The van der Waals surface area contributed by atoms with Gasteiger partial charge in [0.05, 0.1) is 11.0 Å². The average molecular weight is 282 g/mol. The number of halogens is 1.